The first-order valence-corrected chi connectivity index (χ1v) is 17.5. The summed E-state index contributed by atoms with van der Waals surface area (Å²) < 4.78 is 15.5. The normalized spacial score (nSPS) is 16.5. The van der Waals surface area contributed by atoms with E-state index in [1.807, 2.05) is 36.7 Å². The molecule has 6 nitrogen and oxygen atoms in total. The fraction of sp³-hybridized carbons (Fsp3) is 0.326. The number of hydrogen-bond acceptors (Lipinski definition) is 5. The standard InChI is InChI=1S/C43H44N4O2/c1-24(2)39(25(3)4)36-23-48-42(46-36)29-19-28(35-13-9-10-14-44-35)20-30(21-29)49-38-22-37-31(18-27(38)6)32-16-26(5)17-34-40(32)47(37)41-33(43(34,7)8)12-11-15-45-41/h9-22,24-25,36,39H,23H2,1-8H3/t36-/m0/s1. The number of aliphatic imine (C=N–C) groups is 1. The van der Waals surface area contributed by atoms with Crippen molar-refractivity contribution < 1.29 is 9.47 Å². The second-order valence-corrected chi connectivity index (χ2v) is 15.1. The average Bonchev–Trinajstić information content (AvgIpc) is 3.67. The monoisotopic (exact) mass is 648 g/mol. The van der Waals surface area contributed by atoms with Crippen molar-refractivity contribution >= 4 is 27.7 Å². The van der Waals surface area contributed by atoms with Gasteiger partial charge in [0, 0.05) is 51.3 Å². The molecular formula is C43H44N4O2. The van der Waals surface area contributed by atoms with Gasteiger partial charge in [-0.05, 0) is 91.3 Å². The Kier molecular flexibility index (Phi) is 7.40. The van der Waals surface area contributed by atoms with E-state index in [-0.39, 0.29) is 11.5 Å². The van der Waals surface area contributed by atoms with Crippen LogP contribution < -0.4 is 4.74 Å². The molecule has 0 spiro atoms. The lowest BCUT2D eigenvalue weighted by molar-refractivity contribution is 0.198. The zero-order chi connectivity index (χ0) is 34.2. The van der Waals surface area contributed by atoms with Gasteiger partial charge in [-0.25, -0.2) is 9.98 Å². The number of aromatic nitrogens is 3. The Hall–Kier alpha value is -4.97. The molecule has 2 aliphatic rings. The molecule has 0 unspecified atom stereocenters. The quantitative estimate of drug-likeness (QED) is 0.173. The van der Waals surface area contributed by atoms with Gasteiger partial charge in [-0.3, -0.25) is 9.55 Å². The molecule has 6 aromatic rings. The summed E-state index contributed by atoms with van der Waals surface area (Å²) >= 11 is 0. The summed E-state index contributed by atoms with van der Waals surface area (Å²) in [5.41, 5.74) is 9.70. The highest BCUT2D eigenvalue weighted by molar-refractivity contribution is 6.12. The van der Waals surface area contributed by atoms with Crippen molar-refractivity contribution in [1.29, 1.82) is 0 Å². The molecule has 5 heterocycles. The van der Waals surface area contributed by atoms with Gasteiger partial charge in [0.15, 0.2) is 0 Å². The summed E-state index contributed by atoms with van der Waals surface area (Å²) in [6.07, 6.45) is 3.72. The van der Waals surface area contributed by atoms with Gasteiger partial charge in [0.05, 0.1) is 22.8 Å². The van der Waals surface area contributed by atoms with E-state index in [1.165, 1.54) is 33.0 Å². The molecule has 0 saturated heterocycles. The average molecular weight is 649 g/mol. The fourth-order valence-electron chi connectivity index (χ4n) is 8.43. The predicted octanol–water partition coefficient (Wildman–Crippen LogP) is 10.4. The smallest absolute Gasteiger partial charge is 0.216 e. The van der Waals surface area contributed by atoms with Crippen LogP contribution in [0.25, 0.3) is 38.9 Å². The van der Waals surface area contributed by atoms with Crippen LogP contribution in [0.3, 0.4) is 0 Å². The third-order valence-corrected chi connectivity index (χ3v) is 10.6. The van der Waals surface area contributed by atoms with Crippen molar-refractivity contribution in [2.45, 2.75) is 66.8 Å². The molecule has 0 aliphatic carbocycles. The molecule has 0 saturated carbocycles. The Labute approximate surface area is 288 Å². The van der Waals surface area contributed by atoms with Gasteiger partial charge in [0.25, 0.3) is 0 Å². The van der Waals surface area contributed by atoms with Crippen LogP contribution in [0, 0.1) is 31.6 Å². The summed E-state index contributed by atoms with van der Waals surface area (Å²) in [6.45, 7) is 18.7. The number of aryl methyl sites for hydroxylation is 2. The molecule has 6 heteroatoms. The number of pyridine rings is 2. The highest BCUT2D eigenvalue weighted by Gasteiger charge is 2.36. The fourth-order valence-corrected chi connectivity index (χ4v) is 8.43. The lowest BCUT2D eigenvalue weighted by Gasteiger charge is -2.34. The predicted molar refractivity (Wildman–Crippen MR) is 199 cm³/mol. The molecule has 2 aliphatic heterocycles. The van der Waals surface area contributed by atoms with E-state index < -0.39 is 0 Å². The van der Waals surface area contributed by atoms with E-state index in [0.717, 1.165) is 39.5 Å². The lowest BCUT2D eigenvalue weighted by atomic mass is 9.75. The first-order chi connectivity index (χ1) is 23.5. The van der Waals surface area contributed by atoms with Crippen molar-refractivity contribution in [3.63, 3.8) is 0 Å². The second-order valence-electron chi connectivity index (χ2n) is 15.1. The van der Waals surface area contributed by atoms with Crippen LogP contribution in [0.4, 0.5) is 0 Å². The third-order valence-electron chi connectivity index (χ3n) is 10.6. The van der Waals surface area contributed by atoms with Gasteiger partial charge in [0.2, 0.25) is 5.90 Å². The number of ether oxygens (including phenoxy) is 2. The topological polar surface area (TPSA) is 61.5 Å². The van der Waals surface area contributed by atoms with Gasteiger partial charge in [-0.1, -0.05) is 65.3 Å². The Balaban J connectivity index is 1.28. The minimum atomic E-state index is -0.177. The number of rotatable bonds is 7. The molecule has 0 N–H and O–H groups in total. The molecule has 0 radical (unpaired) electrons. The largest absolute Gasteiger partial charge is 0.475 e. The number of benzene rings is 3. The van der Waals surface area contributed by atoms with E-state index in [9.17, 15) is 0 Å². The third kappa shape index (κ3) is 5.11. The molecule has 248 valence electrons. The van der Waals surface area contributed by atoms with E-state index >= 15 is 0 Å². The molecule has 8 rings (SSSR count). The molecule has 0 amide bonds. The van der Waals surface area contributed by atoms with E-state index in [0.29, 0.717) is 36.0 Å². The summed E-state index contributed by atoms with van der Waals surface area (Å²) in [6, 6.07) is 25.7. The van der Waals surface area contributed by atoms with Crippen molar-refractivity contribution in [2.24, 2.45) is 22.7 Å². The van der Waals surface area contributed by atoms with Crippen molar-refractivity contribution in [1.82, 2.24) is 14.5 Å². The first-order valence-electron chi connectivity index (χ1n) is 17.5. The zero-order valence-corrected chi connectivity index (χ0v) is 29.7. The molecule has 0 bridgehead atoms. The Bertz CT molecular complexity index is 2270. The van der Waals surface area contributed by atoms with E-state index in [1.54, 1.807) is 0 Å². The second kappa shape index (κ2) is 11.6. The Morgan fingerprint density at radius 2 is 1.59 bits per heavy atom. The summed E-state index contributed by atoms with van der Waals surface area (Å²) in [7, 11) is 0. The first kappa shape index (κ1) is 31.3. The number of hydrogen-bond donors (Lipinski definition) is 0. The maximum Gasteiger partial charge on any atom is 0.216 e. The van der Waals surface area contributed by atoms with Crippen molar-refractivity contribution in [3.05, 3.63) is 113 Å². The van der Waals surface area contributed by atoms with Crippen LogP contribution in [0.2, 0.25) is 0 Å². The number of nitrogens with zero attached hydrogens (tertiary/aromatic N) is 4. The lowest BCUT2D eigenvalue weighted by Crippen LogP contribution is -2.29. The molecule has 0 fully saturated rings. The van der Waals surface area contributed by atoms with Crippen LogP contribution in [0.5, 0.6) is 11.5 Å². The molecule has 3 aromatic carbocycles. The van der Waals surface area contributed by atoms with Gasteiger partial charge in [-0.2, -0.15) is 0 Å². The SMILES string of the molecule is Cc1cc2c3c(c1)c1cc(C)c(Oc4cc(C5=N[C@H](C(C(C)C)C(C)C)CO5)cc(-c5ccccn5)c4)cc1n3-c1ncccc1C2(C)C. The van der Waals surface area contributed by atoms with Crippen molar-refractivity contribution in [3.8, 4) is 28.6 Å². The Morgan fingerprint density at radius 1 is 0.816 bits per heavy atom. The highest BCUT2D eigenvalue weighted by atomic mass is 16.5. The zero-order valence-electron chi connectivity index (χ0n) is 29.7. The van der Waals surface area contributed by atoms with Gasteiger partial charge in [0.1, 0.15) is 23.9 Å². The van der Waals surface area contributed by atoms with Gasteiger partial charge < -0.3 is 9.47 Å². The van der Waals surface area contributed by atoms with Crippen molar-refractivity contribution in [2.75, 3.05) is 6.61 Å². The maximum absolute atomic E-state index is 6.85. The molecule has 49 heavy (non-hydrogen) atoms. The van der Waals surface area contributed by atoms with E-state index in [2.05, 4.69) is 113 Å². The molecular weight excluding hydrogens is 604 g/mol. The van der Waals surface area contributed by atoms with Crippen LogP contribution in [-0.4, -0.2) is 33.1 Å². The number of fused-ring (bicyclic) bond motifs is 5. The minimum absolute atomic E-state index is 0.123. The van der Waals surface area contributed by atoms with Crippen LogP contribution in [0.1, 0.15) is 69.4 Å². The highest BCUT2D eigenvalue weighted by Crippen LogP contribution is 2.48. The van der Waals surface area contributed by atoms with Gasteiger partial charge >= 0.3 is 0 Å². The van der Waals surface area contributed by atoms with Crippen LogP contribution in [0.15, 0.2) is 90.2 Å². The maximum atomic E-state index is 6.85. The summed E-state index contributed by atoms with van der Waals surface area (Å²) in [5, 5.41) is 2.45. The van der Waals surface area contributed by atoms with Gasteiger partial charge in [-0.15, -0.1) is 0 Å². The summed E-state index contributed by atoms with van der Waals surface area (Å²) in [5.74, 6) is 4.62. The van der Waals surface area contributed by atoms with Crippen LogP contribution >= 0.6 is 0 Å². The Morgan fingerprint density at radius 3 is 2.35 bits per heavy atom. The van der Waals surface area contributed by atoms with Crippen LogP contribution in [-0.2, 0) is 10.2 Å². The molecule has 1 atom stereocenters. The van der Waals surface area contributed by atoms with E-state index in [4.69, 9.17) is 19.5 Å². The molecule has 3 aromatic heterocycles. The summed E-state index contributed by atoms with van der Waals surface area (Å²) in [4.78, 5) is 14.8. The minimum Gasteiger partial charge on any atom is -0.475 e.